The number of nitrogens with zero attached hydrogens (tertiary/aromatic N) is 3. The first-order valence-corrected chi connectivity index (χ1v) is 12.6. The molecular formula is C28H27ClN4O3. The molecule has 0 radical (unpaired) electrons. The lowest BCUT2D eigenvalue weighted by molar-refractivity contribution is 0.174. The predicted molar refractivity (Wildman–Crippen MR) is 141 cm³/mol. The van der Waals surface area contributed by atoms with Crippen LogP contribution in [0.2, 0.25) is 5.02 Å². The minimum atomic E-state index is -0.0601. The standard InChI is InChI=1S/C28H27ClN4O3/c29-20-5-6-24-23(14-20)25(15-28(34)33(24)17-21-3-1-2-10-31-21)32(22-8-11-30-12-9-22)16-19-4-7-26-27(13-19)36-18-35-26/h1-7,10,13-15,22,30H,8-9,11-12,16-18H2. The van der Waals surface area contributed by atoms with E-state index in [-0.39, 0.29) is 18.4 Å². The Bertz CT molecular complexity index is 1450. The lowest BCUT2D eigenvalue weighted by Crippen LogP contribution is -2.43. The van der Waals surface area contributed by atoms with Crippen molar-refractivity contribution in [3.63, 3.8) is 0 Å². The van der Waals surface area contributed by atoms with Gasteiger partial charge in [-0.15, -0.1) is 0 Å². The second-order valence-corrected chi connectivity index (χ2v) is 9.67. The average molecular weight is 503 g/mol. The van der Waals surface area contributed by atoms with E-state index >= 15 is 0 Å². The van der Waals surface area contributed by atoms with Crippen LogP contribution < -0.4 is 25.2 Å². The summed E-state index contributed by atoms with van der Waals surface area (Å²) in [7, 11) is 0. The molecule has 4 aromatic rings. The highest BCUT2D eigenvalue weighted by Crippen LogP contribution is 2.36. The summed E-state index contributed by atoms with van der Waals surface area (Å²) in [6.07, 6.45) is 3.73. The van der Waals surface area contributed by atoms with E-state index in [1.165, 1.54) is 0 Å². The number of aromatic nitrogens is 2. The lowest BCUT2D eigenvalue weighted by Gasteiger charge is -2.37. The molecule has 1 N–H and O–H groups in total. The fraction of sp³-hybridized carbons (Fsp3) is 0.286. The summed E-state index contributed by atoms with van der Waals surface area (Å²) in [6.45, 7) is 3.17. The van der Waals surface area contributed by atoms with Gasteiger partial charge in [-0.3, -0.25) is 9.78 Å². The zero-order chi connectivity index (χ0) is 24.5. The number of hydrogen-bond acceptors (Lipinski definition) is 6. The number of fused-ring (bicyclic) bond motifs is 2. The van der Waals surface area contributed by atoms with Crippen molar-refractivity contribution in [3.05, 3.63) is 93.5 Å². The molecule has 0 atom stereocenters. The number of halogens is 1. The maximum Gasteiger partial charge on any atom is 0.253 e. The minimum absolute atomic E-state index is 0.0601. The van der Waals surface area contributed by atoms with Crippen LogP contribution in [0.15, 0.2) is 71.7 Å². The van der Waals surface area contributed by atoms with Gasteiger partial charge in [-0.05, 0) is 74.0 Å². The van der Waals surface area contributed by atoms with Crippen molar-refractivity contribution in [1.82, 2.24) is 14.9 Å². The Morgan fingerprint density at radius 3 is 2.72 bits per heavy atom. The van der Waals surface area contributed by atoms with E-state index in [0.717, 1.165) is 65.3 Å². The third-order valence-electron chi connectivity index (χ3n) is 6.95. The number of benzene rings is 2. The molecule has 0 amide bonds. The molecule has 1 saturated heterocycles. The van der Waals surface area contributed by atoms with Crippen molar-refractivity contribution in [3.8, 4) is 11.5 Å². The van der Waals surface area contributed by atoms with Crippen molar-refractivity contribution >= 4 is 28.2 Å². The van der Waals surface area contributed by atoms with Crippen molar-refractivity contribution in [1.29, 1.82) is 0 Å². The Kier molecular flexibility index (Phi) is 6.25. The fourth-order valence-electron chi connectivity index (χ4n) is 5.16. The zero-order valence-corrected chi connectivity index (χ0v) is 20.6. The Morgan fingerprint density at radius 1 is 1.03 bits per heavy atom. The summed E-state index contributed by atoms with van der Waals surface area (Å²) in [5.74, 6) is 1.53. The number of nitrogens with one attached hydrogen (secondary N) is 1. The van der Waals surface area contributed by atoms with Gasteiger partial charge in [-0.1, -0.05) is 23.7 Å². The molecule has 0 bridgehead atoms. The largest absolute Gasteiger partial charge is 0.454 e. The van der Waals surface area contributed by atoms with E-state index in [4.69, 9.17) is 21.1 Å². The lowest BCUT2D eigenvalue weighted by atomic mass is 10.0. The molecule has 6 rings (SSSR count). The van der Waals surface area contributed by atoms with Gasteiger partial charge in [0.15, 0.2) is 11.5 Å². The van der Waals surface area contributed by atoms with E-state index in [1.807, 2.05) is 48.5 Å². The van der Waals surface area contributed by atoms with Crippen LogP contribution in [0.4, 0.5) is 5.69 Å². The molecular weight excluding hydrogens is 476 g/mol. The second-order valence-electron chi connectivity index (χ2n) is 9.23. The van der Waals surface area contributed by atoms with Gasteiger partial charge >= 0.3 is 0 Å². The van der Waals surface area contributed by atoms with Gasteiger partial charge in [-0.2, -0.15) is 0 Å². The third kappa shape index (κ3) is 4.52. The van der Waals surface area contributed by atoms with Crippen LogP contribution in [-0.4, -0.2) is 35.5 Å². The summed E-state index contributed by atoms with van der Waals surface area (Å²) in [4.78, 5) is 20.4. The number of pyridine rings is 2. The quantitative estimate of drug-likeness (QED) is 0.416. The topological polar surface area (TPSA) is 68.6 Å². The first kappa shape index (κ1) is 22.9. The van der Waals surface area contributed by atoms with Crippen molar-refractivity contribution in [2.75, 3.05) is 24.8 Å². The SMILES string of the molecule is O=c1cc(N(Cc2ccc3c(c2)OCO3)C2CCNCC2)c2cc(Cl)ccc2n1Cc1ccccn1. The number of piperidine rings is 1. The highest BCUT2D eigenvalue weighted by atomic mass is 35.5. The van der Waals surface area contributed by atoms with Gasteiger partial charge in [0.25, 0.3) is 5.56 Å². The Labute approximate surface area is 214 Å². The maximum absolute atomic E-state index is 13.6. The smallest absolute Gasteiger partial charge is 0.253 e. The molecule has 36 heavy (non-hydrogen) atoms. The zero-order valence-electron chi connectivity index (χ0n) is 19.8. The van der Waals surface area contributed by atoms with Crippen LogP contribution in [0.1, 0.15) is 24.1 Å². The van der Waals surface area contributed by atoms with Crippen LogP contribution in [0.5, 0.6) is 11.5 Å². The first-order chi connectivity index (χ1) is 17.7. The van der Waals surface area contributed by atoms with Crippen LogP contribution in [-0.2, 0) is 13.1 Å². The molecule has 2 aliphatic rings. The Hall–Kier alpha value is -3.55. The number of ether oxygens (including phenoxy) is 2. The molecule has 1 fully saturated rings. The first-order valence-electron chi connectivity index (χ1n) is 12.2. The average Bonchev–Trinajstić information content (AvgIpc) is 3.38. The summed E-state index contributed by atoms with van der Waals surface area (Å²) in [5, 5.41) is 5.05. The predicted octanol–water partition coefficient (Wildman–Crippen LogP) is 4.59. The van der Waals surface area contributed by atoms with Crippen molar-refractivity contribution < 1.29 is 9.47 Å². The normalized spacial score (nSPS) is 15.4. The highest BCUT2D eigenvalue weighted by molar-refractivity contribution is 6.31. The van der Waals surface area contributed by atoms with E-state index in [1.54, 1.807) is 16.8 Å². The van der Waals surface area contributed by atoms with Gasteiger partial charge in [0.1, 0.15) is 0 Å². The number of hydrogen-bond donors (Lipinski definition) is 1. The molecule has 2 aliphatic heterocycles. The second kappa shape index (κ2) is 9.84. The summed E-state index contributed by atoms with van der Waals surface area (Å²) < 4.78 is 12.9. The van der Waals surface area contributed by atoms with Gasteiger partial charge in [0, 0.05) is 35.3 Å². The van der Waals surface area contributed by atoms with E-state index < -0.39 is 0 Å². The Balaban J connectivity index is 1.47. The molecule has 2 aromatic heterocycles. The van der Waals surface area contributed by atoms with Crippen LogP contribution in [0, 0.1) is 0 Å². The molecule has 4 heterocycles. The van der Waals surface area contributed by atoms with E-state index in [0.29, 0.717) is 18.1 Å². The molecule has 7 nitrogen and oxygen atoms in total. The van der Waals surface area contributed by atoms with Gasteiger partial charge in [0.2, 0.25) is 6.79 Å². The van der Waals surface area contributed by atoms with Gasteiger partial charge in [0.05, 0.1) is 23.4 Å². The number of anilines is 1. The maximum atomic E-state index is 13.6. The van der Waals surface area contributed by atoms with Gasteiger partial charge < -0.3 is 24.3 Å². The van der Waals surface area contributed by atoms with Crippen molar-refractivity contribution in [2.45, 2.75) is 32.0 Å². The Morgan fingerprint density at radius 2 is 1.89 bits per heavy atom. The molecule has 0 unspecified atom stereocenters. The molecule has 184 valence electrons. The van der Waals surface area contributed by atoms with E-state index in [2.05, 4.69) is 21.3 Å². The van der Waals surface area contributed by atoms with Crippen LogP contribution >= 0.6 is 11.6 Å². The minimum Gasteiger partial charge on any atom is -0.454 e. The van der Waals surface area contributed by atoms with Crippen LogP contribution in [0.3, 0.4) is 0 Å². The summed E-state index contributed by atoms with van der Waals surface area (Å²) in [6, 6.07) is 19.6. The third-order valence-corrected chi connectivity index (χ3v) is 7.18. The summed E-state index contributed by atoms with van der Waals surface area (Å²) in [5.41, 5.74) is 3.62. The fourth-order valence-corrected chi connectivity index (χ4v) is 5.33. The monoisotopic (exact) mass is 502 g/mol. The summed E-state index contributed by atoms with van der Waals surface area (Å²) >= 11 is 6.50. The molecule has 0 spiro atoms. The van der Waals surface area contributed by atoms with E-state index in [9.17, 15) is 4.79 Å². The molecule has 0 aliphatic carbocycles. The highest BCUT2D eigenvalue weighted by Gasteiger charge is 2.25. The molecule has 0 saturated carbocycles. The van der Waals surface area contributed by atoms with Crippen LogP contribution in [0.25, 0.3) is 10.9 Å². The molecule has 2 aromatic carbocycles. The number of rotatable bonds is 6. The molecule has 8 heteroatoms. The van der Waals surface area contributed by atoms with Crippen molar-refractivity contribution in [2.24, 2.45) is 0 Å². The van der Waals surface area contributed by atoms with Gasteiger partial charge in [-0.25, -0.2) is 0 Å².